The van der Waals surface area contributed by atoms with Crippen molar-refractivity contribution in [3.8, 4) is 0 Å². The fraction of sp³-hybridized carbons (Fsp3) is 0.556. The standard InChI is InChI=1S/C14H17Cl2NO.C4H6O6/c1-18-11-4-10-7-17-8-14(10,6-11)9-2-3-12(15)13(16)5-9;5-1(3(7)8)2(6)4(9)10/h2-3,5,10-11,17H,4,6-8H2,1H3;1-2,5-6H,(H,7,8)(H,9,10)/t10-,11-,14+;1-,2-/m11/s1. The van der Waals surface area contributed by atoms with Crippen LogP contribution in [0.15, 0.2) is 18.2 Å². The number of ether oxygens (including phenoxy) is 1. The van der Waals surface area contributed by atoms with Gasteiger partial charge in [-0.25, -0.2) is 9.59 Å². The van der Waals surface area contributed by atoms with Gasteiger partial charge in [0.1, 0.15) is 0 Å². The minimum absolute atomic E-state index is 0.176. The van der Waals surface area contributed by atoms with Crippen LogP contribution in [0.5, 0.6) is 0 Å². The molecule has 156 valence electrons. The van der Waals surface area contributed by atoms with Gasteiger partial charge in [-0.15, -0.1) is 0 Å². The Hall–Kier alpha value is -1.42. The van der Waals surface area contributed by atoms with Crippen molar-refractivity contribution in [2.45, 2.75) is 36.6 Å². The minimum atomic E-state index is -2.27. The van der Waals surface area contributed by atoms with E-state index in [0.717, 1.165) is 25.9 Å². The van der Waals surface area contributed by atoms with Gasteiger partial charge in [-0.2, -0.15) is 0 Å². The Labute approximate surface area is 172 Å². The van der Waals surface area contributed by atoms with E-state index < -0.39 is 24.1 Å². The van der Waals surface area contributed by atoms with Gasteiger partial charge in [0.25, 0.3) is 0 Å². The van der Waals surface area contributed by atoms with Crippen molar-refractivity contribution in [2.75, 3.05) is 20.2 Å². The molecule has 2 aliphatic rings. The van der Waals surface area contributed by atoms with Crippen LogP contribution in [0.4, 0.5) is 0 Å². The molecule has 5 atom stereocenters. The third-order valence-corrected chi connectivity index (χ3v) is 6.12. The van der Waals surface area contributed by atoms with E-state index in [4.69, 9.17) is 48.4 Å². The van der Waals surface area contributed by atoms with E-state index in [9.17, 15) is 9.59 Å². The number of methoxy groups -OCH3 is 1. The molecule has 0 amide bonds. The van der Waals surface area contributed by atoms with E-state index in [2.05, 4.69) is 11.4 Å². The van der Waals surface area contributed by atoms with Gasteiger partial charge in [-0.1, -0.05) is 29.3 Å². The third kappa shape index (κ3) is 4.76. The quantitative estimate of drug-likeness (QED) is 0.464. The minimum Gasteiger partial charge on any atom is -0.479 e. The number of hydrogen-bond acceptors (Lipinski definition) is 6. The molecule has 1 saturated carbocycles. The lowest BCUT2D eigenvalue weighted by atomic mass is 9.74. The zero-order valence-corrected chi connectivity index (χ0v) is 16.7. The van der Waals surface area contributed by atoms with E-state index in [1.54, 1.807) is 0 Å². The molecule has 0 radical (unpaired) electrons. The van der Waals surface area contributed by atoms with Gasteiger partial charge in [0.15, 0.2) is 12.2 Å². The maximum absolute atomic E-state index is 9.77. The Morgan fingerprint density at radius 3 is 2.29 bits per heavy atom. The number of benzene rings is 1. The molecule has 2 fully saturated rings. The van der Waals surface area contributed by atoms with Gasteiger partial charge < -0.3 is 30.5 Å². The monoisotopic (exact) mass is 435 g/mol. The summed E-state index contributed by atoms with van der Waals surface area (Å²) in [6.07, 6.45) is -1.97. The molecule has 1 aromatic rings. The maximum Gasteiger partial charge on any atom is 0.335 e. The van der Waals surface area contributed by atoms with E-state index in [-0.39, 0.29) is 5.41 Å². The molecule has 8 nitrogen and oxygen atoms in total. The Kier molecular flexibility index (Phi) is 7.66. The molecular formula is C18H23Cl2NO7. The number of aliphatic carboxylic acids is 2. The van der Waals surface area contributed by atoms with Gasteiger partial charge >= 0.3 is 11.9 Å². The molecule has 1 saturated heterocycles. The van der Waals surface area contributed by atoms with Crippen LogP contribution in [-0.2, 0) is 19.7 Å². The van der Waals surface area contributed by atoms with Gasteiger partial charge in [0, 0.05) is 19.1 Å². The second kappa shape index (κ2) is 9.39. The Bertz CT molecular complexity index is 714. The zero-order chi connectivity index (χ0) is 21.1. The summed E-state index contributed by atoms with van der Waals surface area (Å²) in [7, 11) is 1.81. The number of rotatable bonds is 5. The summed E-state index contributed by atoms with van der Waals surface area (Å²) < 4.78 is 5.56. The van der Waals surface area contributed by atoms with Gasteiger partial charge in [0.05, 0.1) is 16.1 Å². The number of carbonyl (C=O) groups is 2. The van der Waals surface area contributed by atoms with Crippen LogP contribution in [0.2, 0.25) is 10.0 Å². The van der Waals surface area contributed by atoms with Crippen molar-refractivity contribution in [1.29, 1.82) is 0 Å². The first-order valence-corrected chi connectivity index (χ1v) is 9.38. The largest absolute Gasteiger partial charge is 0.479 e. The fourth-order valence-electron chi connectivity index (χ4n) is 3.87. The number of carboxylic acids is 2. The van der Waals surface area contributed by atoms with Crippen molar-refractivity contribution >= 4 is 35.1 Å². The maximum atomic E-state index is 9.77. The topological polar surface area (TPSA) is 136 Å². The highest BCUT2D eigenvalue weighted by atomic mass is 35.5. The lowest BCUT2D eigenvalue weighted by Gasteiger charge is -2.29. The number of fused-ring (bicyclic) bond motifs is 1. The molecule has 0 aromatic heterocycles. The van der Waals surface area contributed by atoms with Crippen molar-refractivity contribution in [3.05, 3.63) is 33.8 Å². The molecule has 5 N–H and O–H groups in total. The molecule has 0 bridgehead atoms. The second-order valence-corrected chi connectivity index (χ2v) is 7.79. The van der Waals surface area contributed by atoms with E-state index in [1.807, 2.05) is 19.2 Å². The first-order chi connectivity index (χ1) is 13.1. The highest BCUT2D eigenvalue weighted by Gasteiger charge is 2.51. The smallest absolute Gasteiger partial charge is 0.335 e. The Morgan fingerprint density at radius 2 is 1.79 bits per heavy atom. The molecule has 0 spiro atoms. The SMILES string of the molecule is CO[C@@H]1C[C@@H]2CNC[C@]2(c2ccc(Cl)c(Cl)c2)C1.O=C(O)[C@H](O)[C@@H](O)C(=O)O. The normalized spacial score (nSPS) is 28.0. The molecule has 1 aliphatic heterocycles. The molecular weight excluding hydrogens is 413 g/mol. The predicted octanol–water partition coefficient (Wildman–Crippen LogP) is 1.14. The Balaban J connectivity index is 0.000000242. The van der Waals surface area contributed by atoms with Gasteiger partial charge in [0.2, 0.25) is 0 Å². The molecule has 1 heterocycles. The highest BCUT2D eigenvalue weighted by Crippen LogP contribution is 2.49. The highest BCUT2D eigenvalue weighted by molar-refractivity contribution is 6.42. The zero-order valence-electron chi connectivity index (χ0n) is 15.1. The fourth-order valence-corrected chi connectivity index (χ4v) is 4.17. The van der Waals surface area contributed by atoms with E-state index in [1.165, 1.54) is 5.56 Å². The average molecular weight is 436 g/mol. The van der Waals surface area contributed by atoms with E-state index >= 15 is 0 Å². The van der Waals surface area contributed by atoms with Crippen LogP contribution in [-0.4, -0.2) is 70.9 Å². The second-order valence-electron chi connectivity index (χ2n) is 6.98. The summed E-state index contributed by atoms with van der Waals surface area (Å²) in [4.78, 5) is 19.5. The molecule has 1 aliphatic carbocycles. The molecule has 10 heteroatoms. The third-order valence-electron chi connectivity index (χ3n) is 5.38. The summed E-state index contributed by atoms with van der Waals surface area (Å²) in [5.41, 5.74) is 1.47. The molecule has 3 rings (SSSR count). The summed E-state index contributed by atoms with van der Waals surface area (Å²) in [6.45, 7) is 2.08. The number of aliphatic hydroxyl groups excluding tert-OH is 2. The van der Waals surface area contributed by atoms with Crippen LogP contribution in [0.25, 0.3) is 0 Å². The van der Waals surface area contributed by atoms with Gasteiger partial charge in [-0.05, 0) is 43.0 Å². The first-order valence-electron chi connectivity index (χ1n) is 8.63. The number of halogens is 2. The van der Waals surface area contributed by atoms with Crippen LogP contribution in [0.1, 0.15) is 18.4 Å². The average Bonchev–Trinajstić information content (AvgIpc) is 3.20. The van der Waals surface area contributed by atoms with Crippen LogP contribution >= 0.6 is 23.2 Å². The number of hydrogen-bond donors (Lipinski definition) is 5. The van der Waals surface area contributed by atoms with Crippen LogP contribution in [0.3, 0.4) is 0 Å². The van der Waals surface area contributed by atoms with Crippen molar-refractivity contribution < 1.29 is 34.8 Å². The summed E-state index contributed by atoms with van der Waals surface area (Å²) in [6, 6.07) is 6.05. The van der Waals surface area contributed by atoms with Crippen molar-refractivity contribution in [3.63, 3.8) is 0 Å². The van der Waals surface area contributed by atoms with Crippen LogP contribution in [0, 0.1) is 5.92 Å². The van der Waals surface area contributed by atoms with Crippen LogP contribution < -0.4 is 5.32 Å². The molecule has 28 heavy (non-hydrogen) atoms. The summed E-state index contributed by atoms with van der Waals surface area (Å²) in [5, 5.41) is 37.3. The number of aliphatic hydroxyl groups is 2. The van der Waals surface area contributed by atoms with E-state index in [0.29, 0.717) is 22.1 Å². The molecule has 0 unspecified atom stereocenters. The molecule has 1 aromatic carbocycles. The summed E-state index contributed by atoms with van der Waals surface area (Å²) >= 11 is 12.2. The lowest BCUT2D eigenvalue weighted by molar-refractivity contribution is -0.165. The first kappa shape index (κ1) is 22.9. The lowest BCUT2D eigenvalue weighted by Crippen LogP contribution is -2.39. The number of nitrogens with one attached hydrogen (secondary N) is 1. The van der Waals surface area contributed by atoms with Crippen molar-refractivity contribution in [2.24, 2.45) is 5.92 Å². The Morgan fingerprint density at radius 1 is 1.18 bits per heavy atom. The predicted molar refractivity (Wildman–Crippen MR) is 102 cm³/mol. The summed E-state index contributed by atoms with van der Waals surface area (Å²) in [5.74, 6) is -2.90. The number of carboxylic acid groups (broad SMARTS) is 2. The van der Waals surface area contributed by atoms with Gasteiger partial charge in [-0.3, -0.25) is 0 Å². The van der Waals surface area contributed by atoms with Crippen molar-refractivity contribution in [1.82, 2.24) is 5.32 Å².